The Balaban J connectivity index is 1.92. The minimum atomic E-state index is -0.435. The maximum atomic E-state index is 13.6. The normalized spacial score (nSPS) is 12.8. The van der Waals surface area contributed by atoms with E-state index in [0.29, 0.717) is 24.5 Å². The summed E-state index contributed by atoms with van der Waals surface area (Å²) in [5, 5.41) is 13.9. The topological polar surface area (TPSA) is 88.9 Å². The Hall–Kier alpha value is -3.52. The molecule has 2 aromatic heterocycles. The summed E-state index contributed by atoms with van der Waals surface area (Å²) in [6.07, 6.45) is 1.76. The fourth-order valence-electron chi connectivity index (χ4n) is 4.51. The number of aromatic amines is 1. The summed E-state index contributed by atoms with van der Waals surface area (Å²) in [6, 6.07) is 17.6. The lowest BCUT2D eigenvalue weighted by molar-refractivity contribution is 0.188. The first-order chi connectivity index (χ1) is 17.4. The standard InChI is InChI=1S/C28H36N6O2/c1-6-16-33(19-20-12-10-9-11-13-20)25(26-30-31-32-34(26)28(4,5)7-2)23-18-21-17-22(36-8-3)14-15-24(21)29-27(23)35/h9-15,17-18,25H,6-8,16,19H2,1-5H3,(H,29,35). The summed E-state index contributed by atoms with van der Waals surface area (Å²) in [4.78, 5) is 19.0. The summed E-state index contributed by atoms with van der Waals surface area (Å²) in [7, 11) is 0. The lowest BCUT2D eigenvalue weighted by Gasteiger charge is -2.33. The zero-order valence-electron chi connectivity index (χ0n) is 21.9. The highest BCUT2D eigenvalue weighted by atomic mass is 16.5. The van der Waals surface area contributed by atoms with Gasteiger partial charge in [0.2, 0.25) is 0 Å². The van der Waals surface area contributed by atoms with Gasteiger partial charge in [-0.1, -0.05) is 44.2 Å². The van der Waals surface area contributed by atoms with E-state index in [9.17, 15) is 4.79 Å². The number of rotatable bonds is 11. The van der Waals surface area contributed by atoms with E-state index < -0.39 is 6.04 Å². The molecule has 8 heteroatoms. The van der Waals surface area contributed by atoms with E-state index in [1.54, 1.807) is 0 Å². The second-order valence-electron chi connectivity index (χ2n) is 9.71. The van der Waals surface area contributed by atoms with Crippen molar-refractivity contribution in [2.24, 2.45) is 0 Å². The largest absolute Gasteiger partial charge is 0.494 e. The van der Waals surface area contributed by atoms with Crippen LogP contribution in [0.25, 0.3) is 10.9 Å². The van der Waals surface area contributed by atoms with Crippen molar-refractivity contribution in [1.82, 2.24) is 30.1 Å². The number of ether oxygens (including phenoxy) is 1. The average Bonchev–Trinajstić information content (AvgIpc) is 3.36. The highest BCUT2D eigenvalue weighted by molar-refractivity contribution is 5.80. The first-order valence-corrected chi connectivity index (χ1v) is 12.7. The van der Waals surface area contributed by atoms with Gasteiger partial charge in [-0.25, -0.2) is 4.68 Å². The van der Waals surface area contributed by atoms with Gasteiger partial charge in [0.1, 0.15) is 11.8 Å². The molecule has 36 heavy (non-hydrogen) atoms. The molecule has 2 heterocycles. The number of aromatic nitrogens is 5. The van der Waals surface area contributed by atoms with Crippen molar-refractivity contribution in [2.45, 2.75) is 65.6 Å². The van der Waals surface area contributed by atoms with E-state index in [-0.39, 0.29) is 11.1 Å². The van der Waals surface area contributed by atoms with Crippen LogP contribution >= 0.6 is 0 Å². The third kappa shape index (κ3) is 5.33. The third-order valence-corrected chi connectivity index (χ3v) is 6.73. The number of nitrogens with zero attached hydrogens (tertiary/aromatic N) is 5. The third-order valence-electron chi connectivity index (χ3n) is 6.73. The summed E-state index contributed by atoms with van der Waals surface area (Å²) >= 11 is 0. The second-order valence-corrected chi connectivity index (χ2v) is 9.71. The van der Waals surface area contributed by atoms with Gasteiger partial charge in [-0.05, 0) is 80.4 Å². The predicted octanol–water partition coefficient (Wildman–Crippen LogP) is 5.06. The molecule has 0 aliphatic carbocycles. The summed E-state index contributed by atoms with van der Waals surface area (Å²) < 4.78 is 7.60. The number of benzene rings is 2. The molecule has 0 aliphatic heterocycles. The number of fused-ring (bicyclic) bond motifs is 1. The molecule has 0 bridgehead atoms. The Morgan fingerprint density at radius 2 is 1.86 bits per heavy atom. The van der Waals surface area contributed by atoms with Gasteiger partial charge in [-0.3, -0.25) is 9.69 Å². The predicted molar refractivity (Wildman–Crippen MR) is 142 cm³/mol. The SMILES string of the molecule is CCCN(Cc1ccccc1)C(c1cc2cc(OCC)ccc2[nH]c1=O)c1nnnn1C(C)(C)CC. The molecule has 0 aliphatic rings. The number of H-pyrrole nitrogens is 1. The van der Waals surface area contributed by atoms with Crippen molar-refractivity contribution < 1.29 is 4.74 Å². The van der Waals surface area contributed by atoms with Crippen LogP contribution in [0.3, 0.4) is 0 Å². The number of hydrogen-bond acceptors (Lipinski definition) is 6. The second kappa shape index (κ2) is 11.0. The fraction of sp³-hybridized carbons (Fsp3) is 0.429. The van der Waals surface area contributed by atoms with Gasteiger partial charge in [0, 0.05) is 23.0 Å². The van der Waals surface area contributed by atoms with Crippen molar-refractivity contribution in [2.75, 3.05) is 13.2 Å². The summed E-state index contributed by atoms with van der Waals surface area (Å²) in [5.74, 6) is 1.43. The van der Waals surface area contributed by atoms with Crippen LogP contribution in [0.1, 0.15) is 70.5 Å². The Labute approximate surface area is 212 Å². The Kier molecular flexibility index (Phi) is 7.84. The molecule has 1 N–H and O–H groups in total. The smallest absolute Gasteiger partial charge is 0.253 e. The van der Waals surface area contributed by atoms with Gasteiger partial charge < -0.3 is 9.72 Å². The molecule has 4 aromatic rings. The van der Waals surface area contributed by atoms with Crippen molar-refractivity contribution in [3.63, 3.8) is 0 Å². The van der Waals surface area contributed by atoms with E-state index in [1.807, 2.05) is 54.1 Å². The van der Waals surface area contributed by atoms with Gasteiger partial charge in [-0.2, -0.15) is 0 Å². The Morgan fingerprint density at radius 1 is 1.08 bits per heavy atom. The molecule has 8 nitrogen and oxygen atoms in total. The molecule has 1 unspecified atom stereocenters. The molecule has 4 rings (SSSR count). The lowest BCUT2D eigenvalue weighted by atomic mass is 9.98. The zero-order valence-corrected chi connectivity index (χ0v) is 21.9. The zero-order chi connectivity index (χ0) is 25.7. The van der Waals surface area contributed by atoms with E-state index in [0.717, 1.165) is 36.0 Å². The van der Waals surface area contributed by atoms with Gasteiger partial charge in [0.15, 0.2) is 5.82 Å². The number of pyridine rings is 1. The fourth-order valence-corrected chi connectivity index (χ4v) is 4.51. The van der Waals surface area contributed by atoms with Gasteiger partial charge in [-0.15, -0.1) is 5.10 Å². The maximum absolute atomic E-state index is 13.6. The van der Waals surface area contributed by atoms with Crippen LogP contribution in [0.5, 0.6) is 5.75 Å². The molecule has 0 saturated carbocycles. The summed E-state index contributed by atoms with van der Waals surface area (Å²) in [6.45, 7) is 12.5. The van der Waals surface area contributed by atoms with E-state index >= 15 is 0 Å². The molecule has 0 saturated heterocycles. The molecule has 1 atom stereocenters. The maximum Gasteiger partial charge on any atom is 0.253 e. The van der Waals surface area contributed by atoms with Crippen LogP contribution in [-0.4, -0.2) is 43.2 Å². The molecule has 190 valence electrons. The molecule has 0 fully saturated rings. The van der Waals surface area contributed by atoms with E-state index in [2.05, 4.69) is 65.2 Å². The average molecular weight is 489 g/mol. The molecule has 0 radical (unpaired) electrons. The van der Waals surface area contributed by atoms with Gasteiger partial charge in [0.05, 0.1) is 12.1 Å². The first-order valence-electron chi connectivity index (χ1n) is 12.7. The van der Waals surface area contributed by atoms with E-state index in [1.165, 1.54) is 5.56 Å². The summed E-state index contributed by atoms with van der Waals surface area (Å²) in [5.41, 5.74) is 2.09. The number of hydrogen-bond donors (Lipinski definition) is 1. The molecule has 0 spiro atoms. The minimum Gasteiger partial charge on any atom is -0.494 e. The highest BCUT2D eigenvalue weighted by Gasteiger charge is 2.34. The lowest BCUT2D eigenvalue weighted by Crippen LogP contribution is -2.38. The van der Waals surface area contributed by atoms with Crippen LogP contribution in [0.4, 0.5) is 0 Å². The van der Waals surface area contributed by atoms with E-state index in [4.69, 9.17) is 4.74 Å². The van der Waals surface area contributed by atoms with Crippen molar-refractivity contribution in [3.05, 3.63) is 81.9 Å². The molecular formula is C28H36N6O2. The van der Waals surface area contributed by atoms with Crippen LogP contribution in [0.15, 0.2) is 59.4 Å². The van der Waals surface area contributed by atoms with Crippen LogP contribution in [0, 0.1) is 0 Å². The first kappa shape index (κ1) is 25.6. The number of tetrazole rings is 1. The van der Waals surface area contributed by atoms with Crippen LogP contribution in [-0.2, 0) is 12.1 Å². The van der Waals surface area contributed by atoms with Gasteiger partial charge >= 0.3 is 0 Å². The minimum absolute atomic E-state index is 0.144. The van der Waals surface area contributed by atoms with Gasteiger partial charge in [0.25, 0.3) is 5.56 Å². The Bertz CT molecular complexity index is 1350. The monoisotopic (exact) mass is 488 g/mol. The molecule has 2 aromatic carbocycles. The molecule has 0 amide bonds. The number of nitrogens with one attached hydrogen (secondary N) is 1. The van der Waals surface area contributed by atoms with Crippen molar-refractivity contribution in [3.8, 4) is 5.75 Å². The highest BCUT2D eigenvalue weighted by Crippen LogP contribution is 2.32. The quantitative estimate of drug-likeness (QED) is 0.317. The van der Waals surface area contributed by atoms with Crippen LogP contribution < -0.4 is 10.3 Å². The van der Waals surface area contributed by atoms with Crippen molar-refractivity contribution in [1.29, 1.82) is 0 Å². The Morgan fingerprint density at radius 3 is 2.56 bits per heavy atom. The van der Waals surface area contributed by atoms with Crippen LogP contribution in [0.2, 0.25) is 0 Å². The van der Waals surface area contributed by atoms with Crippen molar-refractivity contribution >= 4 is 10.9 Å². The molecular weight excluding hydrogens is 452 g/mol.